The number of nitrogens with one attached hydrogen (secondary N) is 2. The molecule has 0 unspecified atom stereocenters. The lowest BCUT2D eigenvalue weighted by atomic mass is 10.1. The van der Waals surface area contributed by atoms with E-state index in [1.54, 1.807) is 26.3 Å². The minimum atomic E-state index is -2.84. The molecule has 2 aromatic rings. The lowest BCUT2D eigenvalue weighted by Gasteiger charge is -2.14. The summed E-state index contributed by atoms with van der Waals surface area (Å²) in [6.07, 6.45) is 0. The summed E-state index contributed by atoms with van der Waals surface area (Å²) in [6, 6.07) is 12.5. The highest BCUT2D eigenvalue weighted by Crippen LogP contribution is 2.19. The Morgan fingerprint density at radius 2 is 1.85 bits per heavy atom. The van der Waals surface area contributed by atoms with Gasteiger partial charge < -0.3 is 20.1 Å². The fourth-order valence-corrected chi connectivity index (χ4v) is 2.41. The Balaban J connectivity index is 0.00000364. The number of methoxy groups -OCH3 is 1. The largest absolute Gasteiger partial charge is 0.496 e. The van der Waals surface area contributed by atoms with Crippen LogP contribution in [0.4, 0.5) is 8.78 Å². The maximum absolute atomic E-state index is 12.3. The number of rotatable bonds is 7. The molecule has 0 amide bonds. The Bertz CT molecular complexity index is 757. The fraction of sp³-hybridized carbons (Fsp3) is 0.316. The van der Waals surface area contributed by atoms with E-state index < -0.39 is 6.61 Å². The summed E-state index contributed by atoms with van der Waals surface area (Å²) < 4.78 is 34.4. The summed E-state index contributed by atoms with van der Waals surface area (Å²) in [4.78, 5) is 4.16. The van der Waals surface area contributed by atoms with Crippen molar-refractivity contribution >= 4 is 29.9 Å². The first kappa shape index (κ1) is 22.9. The minimum absolute atomic E-state index is 0. The van der Waals surface area contributed by atoms with Gasteiger partial charge in [-0.25, -0.2) is 0 Å². The third-order valence-electron chi connectivity index (χ3n) is 3.70. The van der Waals surface area contributed by atoms with Crippen molar-refractivity contribution < 1.29 is 18.3 Å². The van der Waals surface area contributed by atoms with Gasteiger partial charge in [-0.2, -0.15) is 8.78 Å². The summed E-state index contributed by atoms with van der Waals surface area (Å²) in [5, 5.41) is 6.34. The number of aryl methyl sites for hydroxylation is 1. The fourth-order valence-electron chi connectivity index (χ4n) is 2.41. The SMILES string of the molecule is CN=C(NCc1cccc(OC(F)F)c1)NCc1ccc(C)cc1OC.I. The molecule has 5 nitrogen and oxygen atoms in total. The van der Waals surface area contributed by atoms with Crippen LogP contribution in [0, 0.1) is 6.92 Å². The van der Waals surface area contributed by atoms with Crippen LogP contribution in [0.2, 0.25) is 0 Å². The van der Waals surface area contributed by atoms with E-state index in [4.69, 9.17) is 4.74 Å². The number of halogens is 3. The van der Waals surface area contributed by atoms with Crippen LogP contribution in [0.3, 0.4) is 0 Å². The van der Waals surface area contributed by atoms with Crippen LogP contribution in [-0.2, 0) is 13.1 Å². The number of aliphatic imine (C=N–C) groups is 1. The molecular formula is C19H24F2IN3O2. The van der Waals surface area contributed by atoms with E-state index in [9.17, 15) is 8.78 Å². The third-order valence-corrected chi connectivity index (χ3v) is 3.70. The molecule has 2 aromatic carbocycles. The molecular weight excluding hydrogens is 467 g/mol. The predicted molar refractivity (Wildman–Crippen MR) is 113 cm³/mol. The standard InChI is InChI=1S/C19H23F2N3O2.HI/c1-13-7-8-15(17(9-13)25-3)12-24-19(22-2)23-11-14-5-4-6-16(10-14)26-18(20)21;/h4-10,18H,11-12H2,1-3H3,(H2,22,23,24);1H. The number of ether oxygens (including phenoxy) is 2. The van der Waals surface area contributed by atoms with Crippen LogP contribution in [0.1, 0.15) is 16.7 Å². The van der Waals surface area contributed by atoms with Gasteiger partial charge in [0.05, 0.1) is 7.11 Å². The molecule has 0 spiro atoms. The molecule has 0 radical (unpaired) electrons. The summed E-state index contributed by atoms with van der Waals surface area (Å²) >= 11 is 0. The Hall–Kier alpha value is -2.10. The Kier molecular flexibility index (Phi) is 9.84. The van der Waals surface area contributed by atoms with Gasteiger partial charge in [0.15, 0.2) is 5.96 Å². The minimum Gasteiger partial charge on any atom is -0.496 e. The summed E-state index contributed by atoms with van der Waals surface area (Å²) in [7, 11) is 3.30. The van der Waals surface area contributed by atoms with Gasteiger partial charge in [-0.3, -0.25) is 4.99 Å². The van der Waals surface area contributed by atoms with Crippen LogP contribution in [0.25, 0.3) is 0 Å². The van der Waals surface area contributed by atoms with E-state index in [1.165, 1.54) is 6.07 Å². The molecule has 0 aliphatic rings. The highest BCUT2D eigenvalue weighted by Gasteiger charge is 2.07. The average Bonchev–Trinajstić information content (AvgIpc) is 2.62. The quantitative estimate of drug-likeness (QED) is 0.348. The van der Waals surface area contributed by atoms with Crippen molar-refractivity contribution in [2.75, 3.05) is 14.2 Å². The molecule has 0 saturated carbocycles. The van der Waals surface area contributed by atoms with E-state index in [0.717, 1.165) is 22.4 Å². The van der Waals surface area contributed by atoms with Gasteiger partial charge in [-0.05, 0) is 36.2 Å². The first-order chi connectivity index (χ1) is 12.5. The number of hydrogen-bond donors (Lipinski definition) is 2. The van der Waals surface area contributed by atoms with Gasteiger partial charge in [-0.15, -0.1) is 24.0 Å². The topological polar surface area (TPSA) is 54.9 Å². The molecule has 0 heterocycles. The number of benzene rings is 2. The van der Waals surface area contributed by atoms with Crippen LogP contribution in [0.5, 0.6) is 11.5 Å². The second-order valence-electron chi connectivity index (χ2n) is 5.62. The Morgan fingerprint density at radius 1 is 1.11 bits per heavy atom. The molecule has 148 valence electrons. The normalized spacial score (nSPS) is 11.0. The van der Waals surface area contributed by atoms with Gasteiger partial charge in [-0.1, -0.05) is 24.3 Å². The smallest absolute Gasteiger partial charge is 0.387 e. The van der Waals surface area contributed by atoms with Crippen molar-refractivity contribution in [3.63, 3.8) is 0 Å². The van der Waals surface area contributed by atoms with Gasteiger partial charge in [0.2, 0.25) is 0 Å². The van der Waals surface area contributed by atoms with E-state index in [1.807, 2.05) is 31.2 Å². The monoisotopic (exact) mass is 491 g/mol. The van der Waals surface area contributed by atoms with E-state index in [2.05, 4.69) is 20.4 Å². The molecule has 0 bridgehead atoms. The van der Waals surface area contributed by atoms with Crippen molar-refractivity contribution in [3.05, 3.63) is 59.2 Å². The van der Waals surface area contributed by atoms with Crippen molar-refractivity contribution in [1.82, 2.24) is 10.6 Å². The van der Waals surface area contributed by atoms with Gasteiger partial charge >= 0.3 is 6.61 Å². The van der Waals surface area contributed by atoms with E-state index >= 15 is 0 Å². The average molecular weight is 491 g/mol. The summed E-state index contributed by atoms with van der Waals surface area (Å²) in [6.45, 7) is 0.131. The van der Waals surface area contributed by atoms with Crippen LogP contribution >= 0.6 is 24.0 Å². The predicted octanol–water partition coefficient (Wildman–Crippen LogP) is 4.09. The van der Waals surface area contributed by atoms with Crippen molar-refractivity contribution in [3.8, 4) is 11.5 Å². The zero-order valence-corrected chi connectivity index (χ0v) is 17.8. The van der Waals surface area contributed by atoms with Crippen LogP contribution < -0.4 is 20.1 Å². The zero-order valence-electron chi connectivity index (χ0n) is 15.5. The molecule has 0 aliphatic heterocycles. The molecule has 8 heteroatoms. The first-order valence-electron chi connectivity index (χ1n) is 8.13. The first-order valence-corrected chi connectivity index (χ1v) is 8.13. The van der Waals surface area contributed by atoms with Gasteiger partial charge in [0.1, 0.15) is 11.5 Å². The van der Waals surface area contributed by atoms with Crippen molar-refractivity contribution in [2.45, 2.75) is 26.6 Å². The molecule has 27 heavy (non-hydrogen) atoms. The third kappa shape index (κ3) is 7.58. The number of guanidine groups is 1. The summed E-state index contributed by atoms with van der Waals surface area (Å²) in [5.74, 6) is 1.53. The molecule has 0 saturated heterocycles. The molecule has 0 atom stereocenters. The molecule has 2 rings (SSSR count). The van der Waals surface area contributed by atoms with Crippen molar-refractivity contribution in [2.24, 2.45) is 4.99 Å². The maximum Gasteiger partial charge on any atom is 0.387 e. The van der Waals surface area contributed by atoms with E-state index in [0.29, 0.717) is 19.0 Å². The maximum atomic E-state index is 12.3. The lowest BCUT2D eigenvalue weighted by Crippen LogP contribution is -2.36. The second-order valence-corrected chi connectivity index (χ2v) is 5.62. The lowest BCUT2D eigenvalue weighted by molar-refractivity contribution is -0.0498. The number of alkyl halides is 2. The van der Waals surface area contributed by atoms with E-state index in [-0.39, 0.29) is 29.7 Å². The molecule has 2 N–H and O–H groups in total. The number of hydrogen-bond acceptors (Lipinski definition) is 3. The second kappa shape index (κ2) is 11.6. The van der Waals surface area contributed by atoms with Gasteiger partial charge in [0.25, 0.3) is 0 Å². The zero-order chi connectivity index (χ0) is 18.9. The highest BCUT2D eigenvalue weighted by molar-refractivity contribution is 14.0. The summed E-state index contributed by atoms with van der Waals surface area (Å²) in [5.41, 5.74) is 2.94. The molecule has 0 aromatic heterocycles. The highest BCUT2D eigenvalue weighted by atomic mass is 127. The molecule has 0 fully saturated rings. The molecule has 0 aliphatic carbocycles. The van der Waals surface area contributed by atoms with Crippen LogP contribution in [-0.4, -0.2) is 26.7 Å². The van der Waals surface area contributed by atoms with Crippen molar-refractivity contribution in [1.29, 1.82) is 0 Å². The Labute approximate surface area is 175 Å². The van der Waals surface area contributed by atoms with Crippen LogP contribution in [0.15, 0.2) is 47.5 Å². The van der Waals surface area contributed by atoms with Gasteiger partial charge in [0, 0.05) is 25.7 Å². The number of nitrogens with zero attached hydrogens (tertiary/aromatic N) is 1. The Morgan fingerprint density at radius 3 is 2.52 bits per heavy atom.